The van der Waals surface area contributed by atoms with Gasteiger partial charge in [-0.1, -0.05) is 18.2 Å². The minimum Gasteiger partial charge on any atom is -0.302 e. The molecule has 0 spiro atoms. The van der Waals surface area contributed by atoms with E-state index in [0.717, 1.165) is 6.07 Å². The predicted molar refractivity (Wildman–Crippen MR) is 78.0 cm³/mol. The summed E-state index contributed by atoms with van der Waals surface area (Å²) in [5.41, 5.74) is 0.152. The highest BCUT2D eigenvalue weighted by Gasteiger charge is 2.23. The Morgan fingerprint density at radius 2 is 1.50 bits per heavy atom. The number of fused-ring (bicyclic) bond motifs is 1. The van der Waals surface area contributed by atoms with Crippen molar-refractivity contribution in [1.29, 1.82) is 0 Å². The minimum absolute atomic E-state index is 0.152. The van der Waals surface area contributed by atoms with Gasteiger partial charge in [0.25, 0.3) is 0 Å². The van der Waals surface area contributed by atoms with Crippen molar-refractivity contribution >= 4 is 43.1 Å². The lowest BCUT2D eigenvalue weighted by Crippen LogP contribution is -2.13. The molecule has 22 heavy (non-hydrogen) atoms. The molecule has 0 aliphatic rings. The van der Waals surface area contributed by atoms with Gasteiger partial charge in [0, 0.05) is 5.39 Å². The molecule has 2 aromatic rings. The van der Waals surface area contributed by atoms with E-state index >= 15 is 0 Å². The highest BCUT2D eigenvalue weighted by atomic mass is 32.2. The molecule has 0 fully saturated rings. The molecule has 1 aromatic carbocycles. The van der Waals surface area contributed by atoms with Crippen molar-refractivity contribution in [2.24, 2.45) is 0 Å². The number of nitrogens with zero attached hydrogens (tertiary/aromatic N) is 1. The van der Waals surface area contributed by atoms with E-state index in [4.69, 9.17) is 0 Å². The predicted octanol–water partition coefficient (Wildman–Crippen LogP) is 0.180. The molecule has 2 rings (SSSR count). The van der Waals surface area contributed by atoms with Gasteiger partial charge in [0.2, 0.25) is 9.84 Å². The maximum atomic E-state index is 12.2. The Morgan fingerprint density at radius 3 is 2.14 bits per heavy atom. The molecule has 0 N–H and O–H groups in total. The van der Waals surface area contributed by atoms with Crippen LogP contribution in [0.5, 0.6) is 0 Å². The van der Waals surface area contributed by atoms with Crippen molar-refractivity contribution in [3.63, 3.8) is 0 Å². The largest absolute Gasteiger partial charge is 0.302 e. The average Bonchev–Trinajstić information content (AvgIpc) is 2.46. The summed E-state index contributed by atoms with van der Waals surface area (Å²) in [6, 6.07) is 6.95. The van der Waals surface area contributed by atoms with Crippen molar-refractivity contribution in [2.45, 2.75) is 9.92 Å². The minimum atomic E-state index is -4.03. The number of carbonyl (C=O) groups is 2. The smallest absolute Gasteiger partial charge is 0.202 e. The second-order valence-electron chi connectivity index (χ2n) is 4.37. The summed E-state index contributed by atoms with van der Waals surface area (Å²) >= 11 is 0. The maximum absolute atomic E-state index is 12.2. The van der Waals surface area contributed by atoms with Crippen LogP contribution < -0.4 is 0 Å². The fraction of sp³-hybridized carbons (Fsp3) is 0.154. The van der Waals surface area contributed by atoms with E-state index in [9.17, 15) is 26.4 Å². The monoisotopic (exact) mass is 341 g/mol. The SMILES string of the molecule is O=CCS(=O)(=O)c1cc(S(=O)(=O)CC=O)c2ccccc2n1. The van der Waals surface area contributed by atoms with Crippen molar-refractivity contribution < 1.29 is 26.4 Å². The summed E-state index contributed by atoms with van der Waals surface area (Å²) in [6.07, 6.45) is 0.427. The molecular weight excluding hydrogens is 330 g/mol. The van der Waals surface area contributed by atoms with E-state index in [1.165, 1.54) is 12.1 Å². The van der Waals surface area contributed by atoms with E-state index in [2.05, 4.69) is 4.98 Å². The van der Waals surface area contributed by atoms with Crippen molar-refractivity contribution in [3.05, 3.63) is 30.3 Å². The highest BCUT2D eigenvalue weighted by Crippen LogP contribution is 2.25. The summed E-state index contributed by atoms with van der Waals surface area (Å²) in [4.78, 5) is 24.6. The molecule has 0 saturated heterocycles. The third-order valence-electron chi connectivity index (χ3n) is 2.88. The average molecular weight is 341 g/mol. The molecule has 1 aromatic heterocycles. The Balaban J connectivity index is 2.85. The van der Waals surface area contributed by atoms with Crippen LogP contribution in [0.3, 0.4) is 0 Å². The lowest BCUT2D eigenvalue weighted by atomic mass is 10.2. The topological polar surface area (TPSA) is 115 Å². The van der Waals surface area contributed by atoms with Gasteiger partial charge >= 0.3 is 0 Å². The van der Waals surface area contributed by atoms with Gasteiger partial charge in [-0.05, 0) is 12.1 Å². The van der Waals surface area contributed by atoms with Crippen molar-refractivity contribution in [3.8, 4) is 0 Å². The van der Waals surface area contributed by atoms with Crippen LogP contribution in [-0.4, -0.2) is 45.9 Å². The fourth-order valence-corrected chi connectivity index (χ4v) is 4.01. The van der Waals surface area contributed by atoms with Gasteiger partial charge in [-0.3, -0.25) is 0 Å². The second-order valence-corrected chi connectivity index (χ2v) is 8.36. The number of hydrogen-bond acceptors (Lipinski definition) is 7. The van der Waals surface area contributed by atoms with Crippen LogP contribution in [0.1, 0.15) is 0 Å². The third-order valence-corrected chi connectivity index (χ3v) is 5.89. The fourth-order valence-electron chi connectivity index (χ4n) is 1.89. The first kappa shape index (κ1) is 16.2. The molecule has 0 amide bonds. The van der Waals surface area contributed by atoms with E-state index < -0.39 is 36.2 Å². The molecule has 0 saturated carbocycles. The molecule has 7 nitrogen and oxygen atoms in total. The zero-order valence-electron chi connectivity index (χ0n) is 11.2. The van der Waals surface area contributed by atoms with Crippen LogP contribution >= 0.6 is 0 Å². The van der Waals surface area contributed by atoms with E-state index in [1.54, 1.807) is 12.1 Å². The molecule has 0 aliphatic carbocycles. The lowest BCUT2D eigenvalue weighted by molar-refractivity contribution is -0.106. The molecule has 0 bridgehead atoms. The Kier molecular flexibility index (Phi) is 4.38. The highest BCUT2D eigenvalue weighted by molar-refractivity contribution is 7.93. The van der Waals surface area contributed by atoms with Gasteiger partial charge in [0.1, 0.15) is 24.1 Å². The van der Waals surface area contributed by atoms with E-state index in [-0.39, 0.29) is 28.4 Å². The number of sulfone groups is 2. The standard InChI is InChI=1S/C13H11NO6S2/c15-5-7-21(17,18)12-9-13(22(19,20)8-6-16)14-11-4-2-1-3-10(11)12/h1-6,9H,7-8H2. The molecular formula is C13H11NO6S2. The quantitative estimate of drug-likeness (QED) is 0.688. The number of benzene rings is 1. The molecule has 116 valence electrons. The summed E-state index contributed by atoms with van der Waals surface area (Å²) in [5.74, 6) is -1.57. The third kappa shape index (κ3) is 3.04. The first-order valence-electron chi connectivity index (χ1n) is 6.04. The van der Waals surface area contributed by atoms with Gasteiger partial charge in [0.15, 0.2) is 14.9 Å². The zero-order chi connectivity index (χ0) is 16.4. The Labute approximate surface area is 126 Å². The van der Waals surface area contributed by atoms with Gasteiger partial charge < -0.3 is 9.59 Å². The summed E-state index contributed by atoms with van der Waals surface area (Å²) in [7, 11) is -8.03. The number of aldehydes is 2. The zero-order valence-corrected chi connectivity index (χ0v) is 12.8. The van der Waals surface area contributed by atoms with Gasteiger partial charge in [-0.15, -0.1) is 0 Å². The van der Waals surface area contributed by atoms with Gasteiger partial charge in [0.05, 0.1) is 10.4 Å². The number of pyridine rings is 1. The number of hydrogen-bond donors (Lipinski definition) is 0. The number of para-hydroxylation sites is 1. The number of carbonyl (C=O) groups excluding carboxylic acids is 2. The Hall–Kier alpha value is -2.13. The molecule has 0 unspecified atom stereocenters. The first-order valence-corrected chi connectivity index (χ1v) is 9.35. The van der Waals surface area contributed by atoms with Crippen LogP contribution in [0.25, 0.3) is 10.9 Å². The molecule has 0 radical (unpaired) electrons. The van der Waals surface area contributed by atoms with E-state index in [1.807, 2.05) is 0 Å². The van der Waals surface area contributed by atoms with E-state index in [0.29, 0.717) is 0 Å². The van der Waals surface area contributed by atoms with Crippen molar-refractivity contribution in [1.82, 2.24) is 4.98 Å². The number of rotatable bonds is 6. The normalized spacial score (nSPS) is 12.2. The second kappa shape index (κ2) is 5.93. The molecule has 1 heterocycles. The van der Waals surface area contributed by atoms with Crippen LogP contribution in [0, 0.1) is 0 Å². The van der Waals surface area contributed by atoms with Crippen LogP contribution in [0.4, 0.5) is 0 Å². The summed E-state index contributed by atoms with van der Waals surface area (Å²) in [5, 5.41) is -0.294. The molecule has 0 aliphatic heterocycles. The van der Waals surface area contributed by atoms with Crippen LogP contribution in [0.2, 0.25) is 0 Å². The number of aromatic nitrogens is 1. The van der Waals surface area contributed by atoms with Gasteiger partial charge in [-0.2, -0.15) is 0 Å². The van der Waals surface area contributed by atoms with Crippen molar-refractivity contribution in [2.75, 3.05) is 11.5 Å². The van der Waals surface area contributed by atoms with Crippen LogP contribution in [-0.2, 0) is 29.3 Å². The lowest BCUT2D eigenvalue weighted by Gasteiger charge is -2.08. The first-order chi connectivity index (χ1) is 10.3. The molecule has 0 atom stereocenters. The Bertz CT molecular complexity index is 948. The van der Waals surface area contributed by atoms with Gasteiger partial charge in [-0.25, -0.2) is 21.8 Å². The van der Waals surface area contributed by atoms with Crippen LogP contribution in [0.15, 0.2) is 40.3 Å². The summed E-state index contributed by atoms with van der Waals surface area (Å²) < 4.78 is 48.2. The maximum Gasteiger partial charge on any atom is 0.202 e. The molecule has 9 heteroatoms. The Morgan fingerprint density at radius 1 is 0.909 bits per heavy atom. The summed E-state index contributed by atoms with van der Waals surface area (Å²) in [6.45, 7) is 0.